The summed E-state index contributed by atoms with van der Waals surface area (Å²) in [5.74, 6) is -0.915. The Bertz CT molecular complexity index is 2420. The summed E-state index contributed by atoms with van der Waals surface area (Å²) in [6.07, 6.45) is -5.44. The van der Waals surface area contributed by atoms with Gasteiger partial charge < -0.3 is 20.1 Å². The van der Waals surface area contributed by atoms with E-state index in [0.717, 1.165) is 4.90 Å². The number of ether oxygens (including phenoxy) is 2. The van der Waals surface area contributed by atoms with E-state index in [1.807, 2.05) is 26.1 Å². The van der Waals surface area contributed by atoms with Crippen molar-refractivity contribution in [2.24, 2.45) is 10.4 Å². The van der Waals surface area contributed by atoms with Gasteiger partial charge in [0.05, 0.1) is 17.3 Å². The molecule has 0 bridgehead atoms. The fourth-order valence-corrected chi connectivity index (χ4v) is 7.29. The topological polar surface area (TPSA) is 182 Å². The number of alkyl carbamates (subject to hydrolysis) is 1. The molecule has 1 aliphatic carbocycles. The van der Waals surface area contributed by atoms with Crippen molar-refractivity contribution < 1.29 is 45.8 Å². The minimum absolute atomic E-state index is 0.0633. The average Bonchev–Trinajstić information content (AvgIpc) is 3.51. The summed E-state index contributed by atoms with van der Waals surface area (Å²) in [6, 6.07) is 18.3. The van der Waals surface area contributed by atoms with Crippen LogP contribution >= 0.6 is 11.6 Å². The monoisotopic (exact) mass is 868 g/mol. The Hall–Kier alpha value is -6.44. The normalized spacial score (nSPS) is 18.6. The van der Waals surface area contributed by atoms with E-state index in [0.29, 0.717) is 26.9 Å². The molecule has 3 aromatic carbocycles. The number of H-pyrrole nitrogens is 1. The summed E-state index contributed by atoms with van der Waals surface area (Å²) < 4.78 is 79.7. The number of guanidine groups is 1. The number of hydrogen-bond donors (Lipinski definition) is 3. The molecule has 2 atom stereocenters. The number of hydrogen-bond acceptors (Lipinski definition) is 9. The van der Waals surface area contributed by atoms with Crippen LogP contribution in [0.1, 0.15) is 69.3 Å². The minimum atomic E-state index is -4.75. The van der Waals surface area contributed by atoms with E-state index in [2.05, 4.69) is 36.0 Å². The highest BCUT2D eigenvalue weighted by Gasteiger charge is 2.65. The minimum Gasteiger partial charge on any atom is -0.447 e. The number of aromatic amines is 1. The summed E-state index contributed by atoms with van der Waals surface area (Å²) in [6.45, 7) is 1.83. The van der Waals surface area contributed by atoms with Gasteiger partial charge in [0.1, 0.15) is 24.3 Å². The molecule has 15 nitrogen and oxygen atoms in total. The molecule has 61 heavy (non-hydrogen) atoms. The number of tetrazole rings is 1. The van der Waals surface area contributed by atoms with Crippen molar-refractivity contribution in [3.05, 3.63) is 107 Å². The first-order chi connectivity index (χ1) is 28.9. The van der Waals surface area contributed by atoms with Crippen LogP contribution in [-0.2, 0) is 26.4 Å². The van der Waals surface area contributed by atoms with Gasteiger partial charge in [-0.05, 0) is 69.5 Å². The maximum Gasteiger partial charge on any atom is 0.437 e. The van der Waals surface area contributed by atoms with E-state index < -0.39 is 60.0 Å². The third-order valence-corrected chi connectivity index (χ3v) is 10.5. The van der Waals surface area contributed by atoms with Crippen LogP contribution < -0.4 is 10.6 Å². The van der Waals surface area contributed by atoms with E-state index in [-0.39, 0.29) is 53.8 Å². The second kappa shape index (κ2) is 16.5. The molecule has 2 aliphatic rings. The SMILES string of the molecule is CC(C)(C)C[C@]1(c2ccc(-c3cnn(C(F)F)c3)cc2)NC(=NC(=O)OCc2ccccc2)N([C@H](COC(=O)NC2(C(F)(F)F)CC2)c2ccc(Cl)c(-c3nnn[nH]3)c2)C1=O. The molecule has 7 rings (SSSR count). The lowest BCUT2D eigenvalue weighted by atomic mass is 9.75. The number of aromatic nitrogens is 6. The second-order valence-electron chi connectivity index (χ2n) is 15.8. The molecule has 320 valence electrons. The number of alkyl halides is 5. The Morgan fingerprint density at radius 2 is 1.72 bits per heavy atom. The third-order valence-electron chi connectivity index (χ3n) is 10.1. The fraction of sp³-hybridized carbons (Fsp3) is 0.350. The standard InChI is InChI=1S/C40H38ClF5N10O5/c1-37(2,3)22-39(27-12-9-24(10-13-27)26-18-47-55(19-26)33(42)43)32(57)56(34(49-39)48-35(58)60-20-23-7-5-4-6-8-23)30(21-61-36(59)50-38(15-16-38)40(44,45)46)25-11-14-29(41)28(17-25)31-51-53-54-52-31/h4-14,17-19,30,33H,15-16,20-22H2,1-3H3,(H,50,59)(H,48,49,58)(H,51,52,53,54)/t30-,39-/m1/s1. The third kappa shape index (κ3) is 9.18. The van der Waals surface area contributed by atoms with Crippen LogP contribution in [0.5, 0.6) is 0 Å². The molecule has 2 fully saturated rings. The molecule has 1 saturated carbocycles. The maximum atomic E-state index is 15.5. The Balaban J connectivity index is 1.33. The van der Waals surface area contributed by atoms with Crippen molar-refractivity contribution in [2.75, 3.05) is 6.61 Å². The van der Waals surface area contributed by atoms with Crippen molar-refractivity contribution in [3.8, 4) is 22.5 Å². The molecule has 2 aromatic heterocycles. The van der Waals surface area contributed by atoms with Gasteiger partial charge in [-0.1, -0.05) is 93.0 Å². The van der Waals surface area contributed by atoms with Crippen LogP contribution in [0.25, 0.3) is 22.5 Å². The first-order valence-corrected chi connectivity index (χ1v) is 19.2. The summed E-state index contributed by atoms with van der Waals surface area (Å²) in [5, 5.41) is 22.7. The first kappa shape index (κ1) is 42.7. The lowest BCUT2D eigenvalue weighted by Crippen LogP contribution is -2.49. The van der Waals surface area contributed by atoms with E-state index >= 15 is 4.79 Å². The summed E-state index contributed by atoms with van der Waals surface area (Å²) in [7, 11) is 0. The molecular formula is C40H38ClF5N10O5. The molecule has 0 radical (unpaired) electrons. The van der Waals surface area contributed by atoms with E-state index in [1.165, 1.54) is 30.6 Å². The highest BCUT2D eigenvalue weighted by atomic mass is 35.5. The molecule has 3 amide bonds. The number of aliphatic imine (C=N–C) groups is 1. The summed E-state index contributed by atoms with van der Waals surface area (Å²) in [5.41, 5.74) is -2.43. The first-order valence-electron chi connectivity index (χ1n) is 18.8. The van der Waals surface area contributed by atoms with Crippen LogP contribution in [0.2, 0.25) is 5.02 Å². The molecular weight excluding hydrogens is 831 g/mol. The van der Waals surface area contributed by atoms with Crippen LogP contribution in [0.3, 0.4) is 0 Å². The van der Waals surface area contributed by atoms with Gasteiger partial charge in [0.25, 0.3) is 5.91 Å². The highest BCUT2D eigenvalue weighted by Crippen LogP contribution is 2.49. The van der Waals surface area contributed by atoms with Crippen LogP contribution in [0.4, 0.5) is 31.5 Å². The number of carbonyl (C=O) groups excluding carboxylic acids is 3. The number of amides is 3. The number of carbonyl (C=O) groups is 3. The highest BCUT2D eigenvalue weighted by molar-refractivity contribution is 6.33. The van der Waals surface area contributed by atoms with Gasteiger partial charge in [0.15, 0.2) is 5.82 Å². The zero-order valence-electron chi connectivity index (χ0n) is 32.7. The van der Waals surface area contributed by atoms with Crippen molar-refractivity contribution >= 4 is 35.7 Å². The Labute approximate surface area is 349 Å². The van der Waals surface area contributed by atoms with E-state index in [1.54, 1.807) is 54.6 Å². The smallest absolute Gasteiger partial charge is 0.437 e. The number of nitrogens with zero attached hydrogens (tertiary/aromatic N) is 7. The largest absolute Gasteiger partial charge is 0.447 e. The lowest BCUT2D eigenvalue weighted by molar-refractivity contribution is -0.164. The predicted octanol–water partition coefficient (Wildman–Crippen LogP) is 8.10. The molecule has 1 aliphatic heterocycles. The summed E-state index contributed by atoms with van der Waals surface area (Å²) >= 11 is 6.55. The van der Waals surface area contributed by atoms with Gasteiger partial charge in [-0.25, -0.2) is 19.4 Å². The Kier molecular flexibility index (Phi) is 11.6. The quantitative estimate of drug-likeness (QED) is 0.104. The molecule has 3 heterocycles. The molecule has 0 unspecified atom stereocenters. The van der Waals surface area contributed by atoms with E-state index in [9.17, 15) is 31.5 Å². The van der Waals surface area contributed by atoms with Gasteiger partial charge in [0.2, 0.25) is 5.96 Å². The van der Waals surface area contributed by atoms with E-state index in [4.69, 9.17) is 21.1 Å². The molecule has 5 aromatic rings. The van der Waals surface area contributed by atoms with Crippen LogP contribution in [-0.4, -0.2) is 77.7 Å². The van der Waals surface area contributed by atoms with Gasteiger partial charge in [-0.3, -0.25) is 9.69 Å². The van der Waals surface area contributed by atoms with Crippen molar-refractivity contribution in [1.82, 2.24) is 45.9 Å². The molecule has 3 N–H and O–H groups in total. The summed E-state index contributed by atoms with van der Waals surface area (Å²) in [4.78, 5) is 47.5. The number of halogens is 6. The average molecular weight is 869 g/mol. The maximum absolute atomic E-state index is 15.5. The van der Waals surface area contributed by atoms with Gasteiger partial charge in [-0.15, -0.1) is 10.1 Å². The van der Waals surface area contributed by atoms with Crippen molar-refractivity contribution in [3.63, 3.8) is 0 Å². The molecule has 1 saturated heterocycles. The molecule has 0 spiro atoms. The zero-order valence-corrected chi connectivity index (χ0v) is 33.5. The number of benzene rings is 3. The predicted molar refractivity (Wildman–Crippen MR) is 209 cm³/mol. The van der Waals surface area contributed by atoms with Gasteiger partial charge in [0, 0.05) is 17.3 Å². The Morgan fingerprint density at radius 1 is 1.00 bits per heavy atom. The van der Waals surface area contributed by atoms with Crippen molar-refractivity contribution in [2.45, 2.75) is 76.5 Å². The number of rotatable bonds is 12. The number of nitrogens with one attached hydrogen (secondary N) is 3. The van der Waals surface area contributed by atoms with Gasteiger partial charge >= 0.3 is 24.9 Å². The zero-order chi connectivity index (χ0) is 43.7. The van der Waals surface area contributed by atoms with Crippen LogP contribution in [0, 0.1) is 5.41 Å². The lowest BCUT2D eigenvalue weighted by Gasteiger charge is -2.35. The van der Waals surface area contributed by atoms with Gasteiger partial charge in [-0.2, -0.15) is 27.1 Å². The van der Waals surface area contributed by atoms with Crippen molar-refractivity contribution in [1.29, 1.82) is 0 Å². The second-order valence-corrected chi connectivity index (χ2v) is 16.2. The Morgan fingerprint density at radius 3 is 2.33 bits per heavy atom. The van der Waals surface area contributed by atoms with Crippen LogP contribution in [0.15, 0.2) is 90.2 Å². The molecule has 21 heteroatoms. The fourth-order valence-electron chi connectivity index (χ4n) is 7.08.